The van der Waals surface area contributed by atoms with E-state index >= 15 is 0 Å². The molecule has 9 heteroatoms. The predicted octanol–water partition coefficient (Wildman–Crippen LogP) is 24.4. The van der Waals surface area contributed by atoms with E-state index in [1.54, 1.807) is 0 Å². The second-order valence-corrected chi connectivity index (χ2v) is 29.8. The second kappa shape index (κ2) is 67.9. The summed E-state index contributed by atoms with van der Waals surface area (Å²) >= 11 is 0. The minimum Gasteiger partial charge on any atom is -0.756 e. The van der Waals surface area contributed by atoms with Crippen LogP contribution < -0.4 is 10.2 Å². The predicted molar refractivity (Wildman–Crippen MR) is 372 cm³/mol. The first-order valence-corrected chi connectivity index (χ1v) is 40.3. The molecule has 0 rings (SSSR count). The summed E-state index contributed by atoms with van der Waals surface area (Å²) in [6, 6.07) is -0.797. The fraction of sp³-hybridized carbons (Fsp3) is 0.987. The van der Waals surface area contributed by atoms with E-state index in [0.717, 1.165) is 38.5 Å². The Balaban J connectivity index is 3.89. The van der Waals surface area contributed by atoms with Gasteiger partial charge in [-0.15, -0.1) is 0 Å². The average Bonchev–Trinajstić information content (AvgIpc) is 3.49. The van der Waals surface area contributed by atoms with Crippen LogP contribution in [0.1, 0.15) is 431 Å². The third-order valence-electron chi connectivity index (χ3n) is 18.6. The van der Waals surface area contributed by atoms with Crippen LogP contribution in [-0.4, -0.2) is 68.5 Å². The highest BCUT2D eigenvalue weighted by atomic mass is 31.2. The highest BCUT2D eigenvalue weighted by molar-refractivity contribution is 7.45. The minimum atomic E-state index is -4.58. The molecule has 0 aliphatic heterocycles. The number of unbranched alkanes of at least 4 members (excludes halogenated alkanes) is 61. The number of hydrogen-bond acceptors (Lipinski definition) is 6. The number of phosphoric acid groups is 1. The highest BCUT2D eigenvalue weighted by Gasteiger charge is 2.24. The zero-order valence-corrected chi connectivity index (χ0v) is 59.5. The number of nitrogens with one attached hydrogen (secondary N) is 1. The number of carbonyl (C=O) groups excluding carboxylic acids is 1. The number of aliphatic hydroxyl groups is 1. The smallest absolute Gasteiger partial charge is 0.268 e. The zero-order chi connectivity index (χ0) is 61.9. The fourth-order valence-corrected chi connectivity index (χ4v) is 13.3. The number of rotatable bonds is 74. The summed E-state index contributed by atoms with van der Waals surface area (Å²) in [4.78, 5) is 25.7. The van der Waals surface area contributed by atoms with Gasteiger partial charge in [-0.05, 0) is 12.8 Å². The molecule has 8 nitrogen and oxygen atoms in total. The molecule has 0 saturated carbocycles. The Labute approximate surface area is 533 Å². The van der Waals surface area contributed by atoms with E-state index in [1.165, 1.54) is 366 Å². The maximum Gasteiger partial charge on any atom is 0.268 e. The van der Waals surface area contributed by atoms with Gasteiger partial charge in [-0.3, -0.25) is 9.36 Å². The molecule has 0 aromatic carbocycles. The molecule has 3 unspecified atom stereocenters. The first-order chi connectivity index (χ1) is 41.5. The van der Waals surface area contributed by atoms with Crippen LogP contribution in [0.25, 0.3) is 0 Å². The number of carbonyl (C=O) groups is 1. The summed E-state index contributed by atoms with van der Waals surface area (Å²) in [5.41, 5.74) is 0. The number of likely N-dealkylation sites (N-methyl/N-ethyl adjacent to an activating group) is 1. The van der Waals surface area contributed by atoms with Gasteiger partial charge in [0.15, 0.2) is 0 Å². The van der Waals surface area contributed by atoms with Crippen LogP contribution in [0.15, 0.2) is 0 Å². The summed E-state index contributed by atoms with van der Waals surface area (Å²) in [5, 5.41) is 14.1. The second-order valence-electron chi connectivity index (χ2n) is 28.4. The molecule has 0 saturated heterocycles. The van der Waals surface area contributed by atoms with Gasteiger partial charge in [-0.25, -0.2) is 0 Å². The number of amides is 1. The average molecular weight is 1220 g/mol. The van der Waals surface area contributed by atoms with Crippen LogP contribution in [-0.2, 0) is 18.4 Å². The standard InChI is InChI=1S/C76H155N2O6P/c1-6-8-10-12-14-16-18-20-22-24-26-28-30-32-34-35-36-37-38-39-40-41-42-43-44-46-48-50-52-54-56-58-60-62-64-66-68-70-76(80)77-74(73-84-85(81,82)83-72-71-78(3,4)5)75(79)69-67-65-63-61-59-57-55-53-51-49-47-45-33-31-29-27-25-23-21-19-17-15-13-11-9-7-2/h74-75,79H,6-73H2,1-5H3,(H-,77,80,81,82). The van der Waals surface area contributed by atoms with E-state index in [0.29, 0.717) is 23.9 Å². The molecule has 1 amide bonds. The molecule has 0 spiro atoms. The van der Waals surface area contributed by atoms with Gasteiger partial charge in [0.05, 0.1) is 39.9 Å². The van der Waals surface area contributed by atoms with Gasteiger partial charge in [0.2, 0.25) is 5.91 Å². The first kappa shape index (κ1) is 84.5. The number of nitrogens with zero attached hydrogens (tertiary/aromatic N) is 1. The van der Waals surface area contributed by atoms with Gasteiger partial charge in [0, 0.05) is 6.42 Å². The molecular weight excluding hydrogens is 1070 g/mol. The van der Waals surface area contributed by atoms with Crippen LogP contribution in [0.2, 0.25) is 0 Å². The van der Waals surface area contributed by atoms with Crippen molar-refractivity contribution in [3.8, 4) is 0 Å². The summed E-state index contributed by atoms with van der Waals surface area (Å²) in [5.74, 6) is -0.152. The van der Waals surface area contributed by atoms with Gasteiger partial charge >= 0.3 is 0 Å². The van der Waals surface area contributed by atoms with Crippen molar-refractivity contribution in [2.24, 2.45) is 0 Å². The van der Waals surface area contributed by atoms with E-state index in [-0.39, 0.29) is 19.1 Å². The van der Waals surface area contributed by atoms with Crippen LogP contribution >= 0.6 is 7.82 Å². The highest BCUT2D eigenvalue weighted by Crippen LogP contribution is 2.38. The lowest BCUT2D eigenvalue weighted by Crippen LogP contribution is -2.46. The summed E-state index contributed by atoms with van der Waals surface area (Å²) in [7, 11) is 1.33. The van der Waals surface area contributed by atoms with Gasteiger partial charge in [0.25, 0.3) is 7.82 Å². The van der Waals surface area contributed by atoms with Crippen LogP contribution in [0.5, 0.6) is 0 Å². The van der Waals surface area contributed by atoms with Crippen LogP contribution in [0.4, 0.5) is 0 Å². The molecule has 0 aromatic rings. The van der Waals surface area contributed by atoms with E-state index in [4.69, 9.17) is 9.05 Å². The molecule has 0 bridgehead atoms. The molecule has 0 heterocycles. The van der Waals surface area contributed by atoms with Crippen molar-refractivity contribution in [2.45, 2.75) is 443 Å². The largest absolute Gasteiger partial charge is 0.756 e. The SMILES string of the molecule is CCCCCCCCCCCCCCCCCCCCCCCCCCCCCCCCCCCCCCCC(=O)NC(COP(=O)([O-])OCC[N+](C)(C)C)C(O)CCCCCCCCCCCCCCCCCCCCCCCCCCCC. The monoisotopic (exact) mass is 1220 g/mol. The van der Waals surface area contributed by atoms with Crippen LogP contribution in [0.3, 0.4) is 0 Å². The maximum atomic E-state index is 13.1. The number of phosphoric ester groups is 1. The van der Waals surface area contributed by atoms with Crippen molar-refractivity contribution >= 4 is 13.7 Å². The first-order valence-electron chi connectivity index (χ1n) is 38.9. The van der Waals surface area contributed by atoms with Crippen LogP contribution in [0, 0.1) is 0 Å². The van der Waals surface area contributed by atoms with Crippen molar-refractivity contribution in [3.63, 3.8) is 0 Å². The van der Waals surface area contributed by atoms with Crippen molar-refractivity contribution in [1.82, 2.24) is 5.32 Å². The van der Waals surface area contributed by atoms with Gasteiger partial charge in [0.1, 0.15) is 13.2 Å². The number of quaternary nitrogens is 1. The topological polar surface area (TPSA) is 108 Å². The molecular formula is C76H155N2O6P. The van der Waals surface area contributed by atoms with Gasteiger partial charge in [-0.2, -0.15) is 0 Å². The molecule has 0 fully saturated rings. The third kappa shape index (κ3) is 70.8. The van der Waals surface area contributed by atoms with E-state index in [1.807, 2.05) is 21.1 Å². The van der Waals surface area contributed by atoms with Crippen molar-refractivity contribution in [3.05, 3.63) is 0 Å². The summed E-state index contributed by atoms with van der Waals surface area (Å²) in [6.07, 6.45) is 86.5. The minimum absolute atomic E-state index is 0.0171. The number of aliphatic hydroxyl groups excluding tert-OH is 1. The number of hydrogen-bond donors (Lipinski definition) is 2. The Morgan fingerprint density at radius 2 is 0.576 bits per heavy atom. The van der Waals surface area contributed by atoms with E-state index < -0.39 is 20.0 Å². The molecule has 510 valence electrons. The van der Waals surface area contributed by atoms with E-state index in [9.17, 15) is 19.4 Å². The molecule has 85 heavy (non-hydrogen) atoms. The lowest BCUT2D eigenvalue weighted by molar-refractivity contribution is -0.870. The Bertz CT molecular complexity index is 1350. The quantitative estimate of drug-likeness (QED) is 0.0357. The van der Waals surface area contributed by atoms with E-state index in [2.05, 4.69) is 19.2 Å². The lowest BCUT2D eigenvalue weighted by Gasteiger charge is -2.30. The zero-order valence-electron chi connectivity index (χ0n) is 58.6. The molecule has 3 atom stereocenters. The van der Waals surface area contributed by atoms with Crippen molar-refractivity contribution in [1.29, 1.82) is 0 Å². The molecule has 0 aliphatic rings. The molecule has 0 aromatic heterocycles. The third-order valence-corrected chi connectivity index (χ3v) is 19.6. The summed E-state index contributed by atoms with van der Waals surface area (Å²) < 4.78 is 23.6. The molecule has 2 N–H and O–H groups in total. The Morgan fingerprint density at radius 1 is 0.365 bits per heavy atom. The van der Waals surface area contributed by atoms with Crippen molar-refractivity contribution in [2.75, 3.05) is 40.9 Å². The van der Waals surface area contributed by atoms with Crippen molar-refractivity contribution < 1.29 is 32.9 Å². The molecule has 0 radical (unpaired) electrons. The Kier molecular flexibility index (Phi) is 67.5. The van der Waals surface area contributed by atoms with Gasteiger partial charge in [-0.1, -0.05) is 412 Å². The lowest BCUT2D eigenvalue weighted by atomic mass is 10.0. The maximum absolute atomic E-state index is 13.1. The Morgan fingerprint density at radius 3 is 0.800 bits per heavy atom. The van der Waals surface area contributed by atoms with Gasteiger partial charge < -0.3 is 28.8 Å². The fourth-order valence-electron chi connectivity index (χ4n) is 12.6. The summed E-state index contributed by atoms with van der Waals surface area (Å²) in [6.45, 7) is 4.81. The Hall–Kier alpha value is -0.500. The molecule has 0 aliphatic carbocycles. The normalized spacial score (nSPS) is 13.4.